The van der Waals surface area contributed by atoms with Crippen LogP contribution in [-0.2, 0) is 0 Å². The topological polar surface area (TPSA) is 101 Å². The maximum atomic E-state index is 13.2. The van der Waals surface area contributed by atoms with Crippen molar-refractivity contribution in [2.75, 3.05) is 12.3 Å². The number of anilines is 1. The van der Waals surface area contributed by atoms with Crippen LogP contribution in [0.3, 0.4) is 0 Å². The fourth-order valence-electron chi connectivity index (χ4n) is 3.18. The van der Waals surface area contributed by atoms with Crippen LogP contribution in [-0.4, -0.2) is 40.1 Å². The lowest BCUT2D eigenvalue weighted by Gasteiger charge is -2.21. The van der Waals surface area contributed by atoms with Crippen molar-refractivity contribution in [3.05, 3.63) is 42.6 Å². The number of nitrogens with two attached hydrogens (primary N) is 1. The average molecular weight is 403 g/mol. The number of nitrogens with zero attached hydrogens (tertiary/aromatic N) is 2. The molecular weight excluding hydrogens is 386 g/mol. The normalized spacial score (nSPS) is 15.3. The summed E-state index contributed by atoms with van der Waals surface area (Å²) in [4.78, 5) is 0. The number of rotatable bonds is 5. The number of hydrogen-bond acceptors (Lipinski definition) is 6. The van der Waals surface area contributed by atoms with Gasteiger partial charge in [-0.15, -0.1) is 0 Å². The van der Waals surface area contributed by atoms with E-state index in [9.17, 15) is 23.2 Å². The summed E-state index contributed by atoms with van der Waals surface area (Å²) < 4.78 is 45.3. The number of alkyl halides is 3. The predicted molar refractivity (Wildman–Crippen MR) is 102 cm³/mol. The molecule has 1 saturated carbocycles. The number of nitrogen functional groups attached to an aromatic ring is 1. The van der Waals surface area contributed by atoms with Crippen LogP contribution in [0.4, 0.5) is 18.9 Å². The molecule has 150 valence electrons. The minimum atomic E-state index is -4.33. The summed E-state index contributed by atoms with van der Waals surface area (Å²) in [5.41, 5.74) is 6.18. The third-order valence-corrected chi connectivity index (χ3v) is 5.24. The highest BCUT2D eigenvalue weighted by Gasteiger charge is 2.63. The monoisotopic (exact) mass is 403 g/mol. The number of benzene rings is 2. The Morgan fingerprint density at radius 3 is 2.55 bits per heavy atom. The molecule has 10 heteroatoms. The Morgan fingerprint density at radius 2 is 1.90 bits per heavy atom. The number of ether oxygens (including phenoxy) is 1. The molecule has 2 aromatic carbocycles. The molecule has 0 saturated heterocycles. The molecule has 1 fully saturated rings. The zero-order valence-corrected chi connectivity index (χ0v) is 15.1. The SMILES string of the molecule is Nc1cnnc2cc(-c3cc(B(O)O)ccc3OCC3(C(F)(F)F)CC3)ccc12. The maximum absolute atomic E-state index is 13.2. The van der Waals surface area contributed by atoms with E-state index >= 15 is 0 Å². The Balaban J connectivity index is 1.74. The van der Waals surface area contributed by atoms with Crippen LogP contribution in [0.1, 0.15) is 12.8 Å². The summed E-state index contributed by atoms with van der Waals surface area (Å²) in [6, 6.07) is 9.41. The molecule has 29 heavy (non-hydrogen) atoms. The van der Waals surface area contributed by atoms with E-state index in [1.54, 1.807) is 18.2 Å². The Morgan fingerprint density at radius 1 is 1.14 bits per heavy atom. The van der Waals surface area contributed by atoms with Crippen LogP contribution in [0.2, 0.25) is 0 Å². The van der Waals surface area contributed by atoms with Gasteiger partial charge in [0.2, 0.25) is 0 Å². The second-order valence-corrected chi connectivity index (χ2v) is 7.23. The van der Waals surface area contributed by atoms with E-state index in [1.807, 2.05) is 0 Å². The van der Waals surface area contributed by atoms with Gasteiger partial charge in [0.15, 0.2) is 0 Å². The van der Waals surface area contributed by atoms with Gasteiger partial charge in [0.05, 0.1) is 17.4 Å². The van der Waals surface area contributed by atoms with E-state index in [0.29, 0.717) is 27.7 Å². The largest absolute Gasteiger partial charge is 0.492 e. The van der Waals surface area contributed by atoms with Crippen molar-refractivity contribution in [2.45, 2.75) is 19.0 Å². The van der Waals surface area contributed by atoms with Crippen molar-refractivity contribution in [1.82, 2.24) is 10.2 Å². The van der Waals surface area contributed by atoms with Gasteiger partial charge >= 0.3 is 13.3 Å². The minimum absolute atomic E-state index is 0.0319. The predicted octanol–water partition coefficient (Wildman–Crippen LogP) is 2.28. The first-order valence-corrected chi connectivity index (χ1v) is 8.91. The van der Waals surface area contributed by atoms with Crippen LogP contribution < -0.4 is 15.9 Å². The van der Waals surface area contributed by atoms with Crippen LogP contribution in [0, 0.1) is 5.41 Å². The average Bonchev–Trinajstić information content (AvgIpc) is 3.47. The van der Waals surface area contributed by atoms with Crippen molar-refractivity contribution in [1.29, 1.82) is 0 Å². The van der Waals surface area contributed by atoms with E-state index in [4.69, 9.17) is 10.5 Å². The molecule has 3 aromatic rings. The minimum Gasteiger partial charge on any atom is -0.492 e. The van der Waals surface area contributed by atoms with Crippen molar-refractivity contribution in [3.63, 3.8) is 0 Å². The first kappa shape index (κ1) is 19.5. The fourth-order valence-corrected chi connectivity index (χ4v) is 3.18. The second kappa shape index (κ2) is 6.89. The fraction of sp³-hybridized carbons (Fsp3) is 0.263. The number of aromatic nitrogens is 2. The summed E-state index contributed by atoms with van der Waals surface area (Å²) in [6.07, 6.45) is -2.84. The molecule has 4 N–H and O–H groups in total. The highest BCUT2D eigenvalue weighted by Crippen LogP contribution is 2.57. The quantitative estimate of drug-likeness (QED) is 0.566. The number of halogens is 3. The Labute approximate surface area is 164 Å². The zero-order valence-electron chi connectivity index (χ0n) is 15.1. The molecule has 4 rings (SSSR count). The van der Waals surface area contributed by atoms with Crippen molar-refractivity contribution < 1.29 is 28.0 Å². The van der Waals surface area contributed by atoms with E-state index in [0.717, 1.165) is 0 Å². The van der Waals surface area contributed by atoms with Crippen molar-refractivity contribution in [3.8, 4) is 16.9 Å². The standard InChI is InChI=1S/C19H17BF3N3O3/c21-19(22,23)18(5-6-18)10-29-17-4-2-12(20(27)28)8-14(17)11-1-3-13-15(24)9-25-26-16(13)7-11/h1-4,7-9,27-28H,5-6,10H2,(H2,24,26). The zero-order chi connectivity index (χ0) is 20.8. The molecule has 6 nitrogen and oxygen atoms in total. The van der Waals surface area contributed by atoms with E-state index in [2.05, 4.69) is 10.2 Å². The lowest BCUT2D eigenvalue weighted by Crippen LogP contribution is -2.31. The van der Waals surface area contributed by atoms with E-state index in [1.165, 1.54) is 24.4 Å². The molecule has 0 bridgehead atoms. The maximum Gasteiger partial charge on any atom is 0.488 e. The molecule has 0 amide bonds. The Bertz CT molecular complexity index is 1070. The molecule has 0 radical (unpaired) electrons. The molecule has 0 unspecified atom stereocenters. The highest BCUT2D eigenvalue weighted by atomic mass is 19.4. The summed E-state index contributed by atoms with van der Waals surface area (Å²) in [7, 11) is -1.73. The first-order valence-electron chi connectivity index (χ1n) is 8.91. The summed E-state index contributed by atoms with van der Waals surface area (Å²) in [5, 5.41) is 27.5. The summed E-state index contributed by atoms with van der Waals surface area (Å²) in [6.45, 7) is -0.495. The molecule has 0 atom stereocenters. The van der Waals surface area contributed by atoms with Gasteiger partial charge in [-0.05, 0) is 42.1 Å². The molecule has 1 aliphatic carbocycles. The molecular formula is C19H17BF3N3O3. The molecule has 1 heterocycles. The van der Waals surface area contributed by atoms with Crippen LogP contribution in [0.5, 0.6) is 5.75 Å². The summed E-state index contributed by atoms with van der Waals surface area (Å²) >= 11 is 0. The Kier molecular flexibility index (Phi) is 4.63. The number of fused-ring (bicyclic) bond motifs is 1. The first-order chi connectivity index (χ1) is 13.7. The van der Waals surface area contributed by atoms with E-state index < -0.39 is 25.3 Å². The van der Waals surface area contributed by atoms with Gasteiger partial charge in [0, 0.05) is 10.9 Å². The van der Waals surface area contributed by atoms with Gasteiger partial charge in [-0.25, -0.2) is 0 Å². The van der Waals surface area contributed by atoms with Crippen LogP contribution in [0.25, 0.3) is 22.0 Å². The number of hydrogen-bond donors (Lipinski definition) is 3. The van der Waals surface area contributed by atoms with Crippen molar-refractivity contribution in [2.24, 2.45) is 5.41 Å². The third kappa shape index (κ3) is 3.61. The smallest absolute Gasteiger partial charge is 0.488 e. The molecule has 0 spiro atoms. The van der Waals surface area contributed by atoms with Gasteiger partial charge in [0.1, 0.15) is 17.8 Å². The molecule has 1 aliphatic rings. The van der Waals surface area contributed by atoms with Gasteiger partial charge in [-0.1, -0.05) is 18.2 Å². The lowest BCUT2D eigenvalue weighted by molar-refractivity contribution is -0.194. The second-order valence-electron chi connectivity index (χ2n) is 7.23. The molecule has 1 aromatic heterocycles. The third-order valence-electron chi connectivity index (χ3n) is 5.24. The summed E-state index contributed by atoms with van der Waals surface area (Å²) in [5.74, 6) is 0.209. The van der Waals surface area contributed by atoms with Crippen LogP contribution >= 0.6 is 0 Å². The van der Waals surface area contributed by atoms with Gasteiger partial charge in [0.25, 0.3) is 0 Å². The van der Waals surface area contributed by atoms with Crippen LogP contribution in [0.15, 0.2) is 42.6 Å². The van der Waals surface area contributed by atoms with E-state index in [-0.39, 0.29) is 24.1 Å². The van der Waals surface area contributed by atoms with Crippen molar-refractivity contribution >= 4 is 29.2 Å². The van der Waals surface area contributed by atoms with Gasteiger partial charge < -0.3 is 20.5 Å². The lowest BCUT2D eigenvalue weighted by atomic mass is 9.79. The van der Waals surface area contributed by atoms with Gasteiger partial charge in [-0.2, -0.15) is 23.4 Å². The van der Waals surface area contributed by atoms with Gasteiger partial charge in [-0.3, -0.25) is 0 Å². The highest BCUT2D eigenvalue weighted by molar-refractivity contribution is 6.58. The molecule has 0 aliphatic heterocycles. The Hall–Kier alpha value is -2.85.